The molecule has 0 aliphatic heterocycles. The molecule has 0 bridgehead atoms. The summed E-state index contributed by atoms with van der Waals surface area (Å²) in [6.07, 6.45) is 8.40. The fraction of sp³-hybridized carbons (Fsp3) is 0.389. The number of anilines is 2. The third kappa shape index (κ3) is 3.89. The molecule has 0 radical (unpaired) electrons. The van der Waals surface area contributed by atoms with Gasteiger partial charge in [-0.25, -0.2) is 4.98 Å². The van der Waals surface area contributed by atoms with Gasteiger partial charge in [0.05, 0.1) is 11.8 Å². The van der Waals surface area contributed by atoms with Crippen LogP contribution in [0.2, 0.25) is 0 Å². The number of amides is 1. The molecule has 24 heavy (non-hydrogen) atoms. The van der Waals surface area contributed by atoms with Crippen molar-refractivity contribution in [3.63, 3.8) is 0 Å². The van der Waals surface area contributed by atoms with Crippen molar-refractivity contribution in [2.75, 3.05) is 18.9 Å². The molecule has 0 unspecified atom stereocenters. The van der Waals surface area contributed by atoms with Crippen molar-refractivity contribution < 1.29 is 9.90 Å². The van der Waals surface area contributed by atoms with E-state index in [1.165, 1.54) is 0 Å². The summed E-state index contributed by atoms with van der Waals surface area (Å²) in [6.45, 7) is 0.369. The molecule has 0 spiro atoms. The summed E-state index contributed by atoms with van der Waals surface area (Å²) in [4.78, 5) is 22.4. The standard InChI is InChI=1S/C18H22N4O2/c1-22(13-18(24)7-2-3-8-18)17(23)14-5-4-6-15(11-14)21-16-12-19-9-10-20-16/h4-6,9-12,24H,2-3,7-8,13H2,1H3,(H,20,21). The van der Waals surface area contributed by atoms with Crippen LogP contribution in [0.1, 0.15) is 36.0 Å². The SMILES string of the molecule is CN(CC1(O)CCCC1)C(=O)c1cccc(Nc2cnccn2)c1. The molecule has 1 fully saturated rings. The molecule has 1 aromatic heterocycles. The molecule has 3 rings (SSSR count). The van der Waals surface area contributed by atoms with Crippen molar-refractivity contribution in [3.05, 3.63) is 48.4 Å². The molecule has 0 atom stereocenters. The van der Waals surface area contributed by atoms with Crippen LogP contribution in [0, 0.1) is 0 Å². The van der Waals surface area contributed by atoms with Gasteiger partial charge in [0.25, 0.3) is 5.91 Å². The summed E-state index contributed by atoms with van der Waals surface area (Å²) in [6, 6.07) is 7.26. The van der Waals surface area contributed by atoms with Gasteiger partial charge in [-0.3, -0.25) is 9.78 Å². The van der Waals surface area contributed by atoms with E-state index in [1.807, 2.05) is 12.1 Å². The molecule has 2 N–H and O–H groups in total. The molecule has 1 aliphatic carbocycles. The number of aliphatic hydroxyl groups is 1. The van der Waals surface area contributed by atoms with Gasteiger partial charge in [0.15, 0.2) is 0 Å². The highest BCUT2D eigenvalue weighted by Crippen LogP contribution is 2.30. The van der Waals surface area contributed by atoms with Gasteiger partial charge in [0, 0.05) is 37.2 Å². The van der Waals surface area contributed by atoms with Gasteiger partial charge in [-0.05, 0) is 31.0 Å². The highest BCUT2D eigenvalue weighted by atomic mass is 16.3. The van der Waals surface area contributed by atoms with E-state index in [9.17, 15) is 9.90 Å². The molecule has 1 aromatic carbocycles. The lowest BCUT2D eigenvalue weighted by molar-refractivity contribution is 0.0157. The van der Waals surface area contributed by atoms with E-state index in [1.54, 1.807) is 42.7 Å². The van der Waals surface area contributed by atoms with E-state index < -0.39 is 5.60 Å². The van der Waals surface area contributed by atoms with Crippen LogP contribution in [0.15, 0.2) is 42.9 Å². The largest absolute Gasteiger partial charge is 0.388 e. The van der Waals surface area contributed by atoms with Gasteiger partial charge in [-0.1, -0.05) is 18.9 Å². The lowest BCUT2D eigenvalue weighted by Crippen LogP contribution is -2.42. The average Bonchev–Trinajstić information content (AvgIpc) is 3.01. The monoisotopic (exact) mass is 326 g/mol. The van der Waals surface area contributed by atoms with Crippen molar-refractivity contribution in [2.45, 2.75) is 31.3 Å². The van der Waals surface area contributed by atoms with Gasteiger partial charge in [-0.15, -0.1) is 0 Å². The summed E-state index contributed by atoms with van der Waals surface area (Å²) in [5, 5.41) is 13.6. The van der Waals surface area contributed by atoms with E-state index in [2.05, 4.69) is 15.3 Å². The average molecular weight is 326 g/mol. The topological polar surface area (TPSA) is 78.4 Å². The Morgan fingerprint density at radius 2 is 2.12 bits per heavy atom. The van der Waals surface area contributed by atoms with Crippen molar-refractivity contribution >= 4 is 17.4 Å². The molecular formula is C18H22N4O2. The number of benzene rings is 1. The van der Waals surface area contributed by atoms with Crippen molar-refractivity contribution in [3.8, 4) is 0 Å². The van der Waals surface area contributed by atoms with Crippen molar-refractivity contribution in [1.29, 1.82) is 0 Å². The Hall–Kier alpha value is -2.47. The minimum atomic E-state index is -0.736. The van der Waals surface area contributed by atoms with Crippen LogP contribution in [0.3, 0.4) is 0 Å². The molecular weight excluding hydrogens is 304 g/mol. The number of rotatable bonds is 5. The summed E-state index contributed by atoms with van der Waals surface area (Å²) in [5.74, 6) is 0.522. The van der Waals surface area contributed by atoms with Gasteiger partial charge >= 0.3 is 0 Å². The van der Waals surface area contributed by atoms with Gasteiger partial charge in [0.1, 0.15) is 5.82 Å². The Labute approximate surface area is 141 Å². The summed E-state index contributed by atoms with van der Waals surface area (Å²) < 4.78 is 0. The first-order valence-corrected chi connectivity index (χ1v) is 8.17. The number of nitrogens with one attached hydrogen (secondary N) is 1. The molecule has 1 aliphatic rings. The van der Waals surface area contributed by atoms with E-state index in [0.29, 0.717) is 17.9 Å². The normalized spacial score (nSPS) is 15.9. The summed E-state index contributed by atoms with van der Waals surface area (Å²) >= 11 is 0. The zero-order valence-corrected chi connectivity index (χ0v) is 13.8. The first kappa shape index (κ1) is 16.4. The summed E-state index contributed by atoms with van der Waals surface area (Å²) in [7, 11) is 1.74. The maximum Gasteiger partial charge on any atom is 0.253 e. The number of likely N-dealkylation sites (N-methyl/N-ethyl adjacent to an activating group) is 1. The Kier molecular flexibility index (Phi) is 4.76. The van der Waals surface area contributed by atoms with E-state index in [0.717, 1.165) is 31.4 Å². The highest BCUT2D eigenvalue weighted by Gasteiger charge is 2.33. The van der Waals surface area contributed by atoms with Crippen LogP contribution in [0.25, 0.3) is 0 Å². The van der Waals surface area contributed by atoms with E-state index in [-0.39, 0.29) is 5.91 Å². The number of nitrogens with zero attached hydrogens (tertiary/aromatic N) is 3. The highest BCUT2D eigenvalue weighted by molar-refractivity contribution is 5.95. The molecule has 0 saturated heterocycles. The zero-order chi connectivity index (χ0) is 17.0. The number of aromatic nitrogens is 2. The van der Waals surface area contributed by atoms with Crippen LogP contribution in [0.5, 0.6) is 0 Å². The molecule has 2 aromatic rings. The first-order valence-electron chi connectivity index (χ1n) is 8.17. The van der Waals surface area contributed by atoms with Crippen LogP contribution in [-0.4, -0.2) is 45.1 Å². The van der Waals surface area contributed by atoms with E-state index >= 15 is 0 Å². The van der Waals surface area contributed by atoms with Gasteiger partial charge < -0.3 is 15.3 Å². The quantitative estimate of drug-likeness (QED) is 0.883. The fourth-order valence-electron chi connectivity index (χ4n) is 3.17. The van der Waals surface area contributed by atoms with Crippen molar-refractivity contribution in [2.24, 2.45) is 0 Å². The van der Waals surface area contributed by atoms with Crippen LogP contribution in [0.4, 0.5) is 11.5 Å². The zero-order valence-electron chi connectivity index (χ0n) is 13.8. The van der Waals surface area contributed by atoms with Gasteiger partial charge in [-0.2, -0.15) is 0 Å². The number of hydrogen-bond acceptors (Lipinski definition) is 5. The second-order valence-electron chi connectivity index (χ2n) is 6.39. The fourth-order valence-corrected chi connectivity index (χ4v) is 3.17. The Morgan fingerprint density at radius 3 is 2.83 bits per heavy atom. The minimum Gasteiger partial charge on any atom is -0.388 e. The summed E-state index contributed by atoms with van der Waals surface area (Å²) in [5.41, 5.74) is 0.613. The molecule has 1 amide bonds. The lowest BCUT2D eigenvalue weighted by Gasteiger charge is -2.28. The predicted molar refractivity (Wildman–Crippen MR) is 92.1 cm³/mol. The number of hydrogen-bond donors (Lipinski definition) is 2. The second-order valence-corrected chi connectivity index (χ2v) is 6.39. The Bertz CT molecular complexity index is 699. The van der Waals surface area contributed by atoms with Crippen LogP contribution in [-0.2, 0) is 0 Å². The molecule has 1 heterocycles. The number of carbonyl (C=O) groups excluding carboxylic acids is 1. The Balaban J connectivity index is 1.69. The first-order chi connectivity index (χ1) is 11.6. The molecule has 126 valence electrons. The third-order valence-electron chi connectivity index (χ3n) is 4.36. The third-order valence-corrected chi connectivity index (χ3v) is 4.36. The van der Waals surface area contributed by atoms with E-state index in [4.69, 9.17) is 0 Å². The predicted octanol–water partition coefficient (Wildman–Crippen LogP) is 2.60. The van der Waals surface area contributed by atoms with Crippen LogP contribution < -0.4 is 5.32 Å². The Morgan fingerprint density at radius 1 is 1.33 bits per heavy atom. The number of carbonyl (C=O) groups is 1. The van der Waals surface area contributed by atoms with Crippen LogP contribution >= 0.6 is 0 Å². The minimum absolute atomic E-state index is 0.0990. The smallest absolute Gasteiger partial charge is 0.253 e. The van der Waals surface area contributed by atoms with Crippen molar-refractivity contribution in [1.82, 2.24) is 14.9 Å². The molecule has 1 saturated carbocycles. The molecule has 6 nitrogen and oxygen atoms in total. The second kappa shape index (κ2) is 6.97. The maximum atomic E-state index is 12.6. The maximum absolute atomic E-state index is 12.6. The molecule has 6 heteroatoms. The van der Waals surface area contributed by atoms with Gasteiger partial charge in [0.2, 0.25) is 0 Å². The lowest BCUT2D eigenvalue weighted by atomic mass is 10.0.